The number of aliphatic carboxylic acids is 2. The van der Waals surface area contributed by atoms with Crippen LogP contribution in [0.25, 0.3) is 11.0 Å². The Morgan fingerprint density at radius 1 is 0.865 bits per heavy atom. The van der Waals surface area contributed by atoms with Gasteiger partial charge in [0, 0.05) is 0 Å². The first-order chi connectivity index (χ1) is 23.6. The number of benzene rings is 3. The molecule has 284 valence electrons. The molecule has 4 rings (SSSR count). The average Bonchev–Trinajstić information content (AvgIpc) is 3.42. The van der Waals surface area contributed by atoms with Crippen molar-refractivity contribution in [2.24, 2.45) is 5.14 Å². The number of carbonyl (C=O) groups is 2. The Morgan fingerprint density at radius 3 is 1.87 bits per heavy atom. The maximum Gasteiger partial charge on any atom is 0.490 e. The Morgan fingerprint density at radius 2 is 1.40 bits per heavy atom. The maximum absolute atomic E-state index is 13.3. The number of nitrogens with zero attached hydrogens (tertiary/aromatic N) is 2. The highest BCUT2D eigenvalue weighted by molar-refractivity contribution is 7.90. The summed E-state index contributed by atoms with van der Waals surface area (Å²) in [6, 6.07) is 7.24. The molecule has 1 heterocycles. The van der Waals surface area contributed by atoms with Gasteiger partial charge in [0.05, 0.1) is 43.8 Å². The minimum atomic E-state index is -5.08. The van der Waals surface area contributed by atoms with Gasteiger partial charge in [-0.3, -0.25) is 4.79 Å². The number of sulfonamides is 1. The second-order valence-electron chi connectivity index (χ2n) is 10.3. The molecular formula is C27H21ClF9N5O8S2. The van der Waals surface area contributed by atoms with E-state index in [2.05, 4.69) is 14.7 Å². The summed E-state index contributed by atoms with van der Waals surface area (Å²) in [4.78, 5) is 26.3. The number of H-pyrrole nitrogens is 1. The Kier molecular flexibility index (Phi) is 12.2. The first-order valence-corrected chi connectivity index (χ1v) is 16.8. The van der Waals surface area contributed by atoms with Gasteiger partial charge in [0.25, 0.3) is 10.2 Å². The van der Waals surface area contributed by atoms with E-state index in [0.717, 1.165) is 24.3 Å². The third-order valence-corrected chi connectivity index (χ3v) is 9.23. The van der Waals surface area contributed by atoms with E-state index in [4.69, 9.17) is 31.7 Å². The number of carboxylic acids is 2. The molecule has 0 aliphatic rings. The smallest absolute Gasteiger partial charge is 0.480 e. The van der Waals surface area contributed by atoms with Gasteiger partial charge in [0.15, 0.2) is 0 Å². The van der Waals surface area contributed by atoms with Gasteiger partial charge in [-0.15, -0.1) is 0 Å². The number of halogens is 10. The number of fused-ring (bicyclic) bond motifs is 1. The molecule has 0 radical (unpaired) electrons. The lowest BCUT2D eigenvalue weighted by atomic mass is 10.1. The van der Waals surface area contributed by atoms with Crippen LogP contribution in [0.3, 0.4) is 0 Å². The van der Waals surface area contributed by atoms with Crippen LogP contribution in [0.4, 0.5) is 45.2 Å². The van der Waals surface area contributed by atoms with Crippen LogP contribution in [-0.4, -0.2) is 61.7 Å². The lowest BCUT2D eigenvalue weighted by molar-refractivity contribution is -0.192. The number of carboxylic acid groups (broad SMARTS) is 2. The van der Waals surface area contributed by atoms with E-state index in [-0.39, 0.29) is 39.6 Å². The minimum Gasteiger partial charge on any atom is -0.480 e. The van der Waals surface area contributed by atoms with Gasteiger partial charge in [-0.25, -0.2) is 32.4 Å². The number of imidazole rings is 1. The van der Waals surface area contributed by atoms with E-state index < -0.39 is 79.3 Å². The summed E-state index contributed by atoms with van der Waals surface area (Å²) in [6.07, 6.45) is -14.9. The summed E-state index contributed by atoms with van der Waals surface area (Å²) < 4.78 is 164. The Balaban J connectivity index is 0.000000944. The summed E-state index contributed by atoms with van der Waals surface area (Å²) >= 11 is 6.23. The van der Waals surface area contributed by atoms with Gasteiger partial charge in [0.1, 0.15) is 12.4 Å². The molecule has 0 saturated carbocycles. The third-order valence-electron chi connectivity index (χ3n) is 6.50. The molecule has 0 spiro atoms. The Bertz CT molecular complexity index is 2180. The number of aromatic nitrogens is 2. The van der Waals surface area contributed by atoms with E-state index in [1.165, 1.54) is 12.1 Å². The lowest BCUT2D eigenvalue weighted by Crippen LogP contribution is -2.40. The summed E-state index contributed by atoms with van der Waals surface area (Å²) in [5.74, 6) is -4.50. The SMILES string of the molecule is NS(=O)(=O)N(CC(=O)O)c1ccc(C[C@H](NS(=O)(=O)c2ccc(C(F)(F)F)cc2)c2nc3cc(C(F)(F)F)ccc3[nH]2)cc1Cl.O=C(O)C(F)(F)F. The van der Waals surface area contributed by atoms with Gasteiger partial charge in [-0.05, 0) is 66.6 Å². The van der Waals surface area contributed by atoms with Crippen molar-refractivity contribution in [1.82, 2.24) is 14.7 Å². The van der Waals surface area contributed by atoms with E-state index in [1.807, 2.05) is 0 Å². The molecule has 1 aromatic heterocycles. The predicted octanol–water partition coefficient (Wildman–Crippen LogP) is 5.24. The van der Waals surface area contributed by atoms with Crippen molar-refractivity contribution < 1.29 is 76.2 Å². The summed E-state index contributed by atoms with van der Waals surface area (Å²) in [5.41, 5.74) is -2.34. The molecule has 0 fully saturated rings. The molecule has 4 aromatic rings. The molecule has 0 saturated heterocycles. The average molecular weight is 814 g/mol. The van der Waals surface area contributed by atoms with Gasteiger partial charge >= 0.3 is 30.5 Å². The zero-order valence-corrected chi connectivity index (χ0v) is 27.6. The normalized spacial score (nSPS) is 13.3. The zero-order valence-electron chi connectivity index (χ0n) is 25.2. The Labute approximate surface area is 291 Å². The molecule has 0 aliphatic heterocycles. The van der Waals surface area contributed by atoms with Crippen molar-refractivity contribution in [2.45, 2.75) is 35.9 Å². The fourth-order valence-electron chi connectivity index (χ4n) is 4.19. The highest BCUT2D eigenvalue weighted by atomic mass is 35.5. The van der Waals surface area contributed by atoms with Crippen molar-refractivity contribution in [3.63, 3.8) is 0 Å². The monoisotopic (exact) mass is 813 g/mol. The number of anilines is 1. The van der Waals surface area contributed by atoms with Gasteiger partial charge < -0.3 is 15.2 Å². The standard InChI is InChI=1S/C25H20ClF6N5O6S2.C2HF3O2/c26-17-9-13(1-8-21(17)37(12-22(38)39)45(33,42)43)10-20(23-34-18-7-4-15(25(30,31)32)11-19(18)35-23)36-44(40,41)16-5-2-14(3-6-16)24(27,28)29;3-2(4,5)1(6)7/h1-9,11,20,36H,10,12H2,(H,34,35)(H,38,39)(H2,33,42,43);(H,6,7)/t20-;/m0./s1. The van der Waals surface area contributed by atoms with Crippen LogP contribution in [0.15, 0.2) is 65.6 Å². The lowest BCUT2D eigenvalue weighted by Gasteiger charge is -2.22. The summed E-state index contributed by atoms with van der Waals surface area (Å²) in [5, 5.41) is 21.0. The van der Waals surface area contributed by atoms with Gasteiger partial charge in [-0.2, -0.15) is 47.9 Å². The van der Waals surface area contributed by atoms with Crippen molar-refractivity contribution in [1.29, 1.82) is 0 Å². The molecule has 0 aliphatic carbocycles. The highest BCUT2D eigenvalue weighted by Crippen LogP contribution is 2.34. The fraction of sp³-hybridized carbons (Fsp3) is 0.222. The Hall–Kier alpha value is -4.65. The van der Waals surface area contributed by atoms with Crippen LogP contribution < -0.4 is 14.2 Å². The van der Waals surface area contributed by atoms with Crippen LogP contribution in [-0.2, 0) is 48.6 Å². The van der Waals surface area contributed by atoms with E-state index >= 15 is 0 Å². The quantitative estimate of drug-likeness (QED) is 0.132. The summed E-state index contributed by atoms with van der Waals surface area (Å²) in [7, 11) is -9.18. The van der Waals surface area contributed by atoms with Crippen LogP contribution in [0, 0.1) is 0 Å². The van der Waals surface area contributed by atoms with E-state index in [0.29, 0.717) is 28.6 Å². The summed E-state index contributed by atoms with van der Waals surface area (Å²) in [6.45, 7) is -1.08. The number of alkyl halides is 9. The first-order valence-electron chi connectivity index (χ1n) is 13.5. The first kappa shape index (κ1) is 41.8. The highest BCUT2D eigenvalue weighted by Gasteiger charge is 2.38. The molecule has 13 nitrogen and oxygen atoms in total. The maximum atomic E-state index is 13.3. The zero-order chi connectivity index (χ0) is 39.6. The van der Waals surface area contributed by atoms with Crippen molar-refractivity contribution in [3.05, 3.63) is 88.2 Å². The third kappa shape index (κ3) is 10.9. The number of aromatic amines is 1. The van der Waals surface area contributed by atoms with Gasteiger partial charge in [-0.1, -0.05) is 17.7 Å². The van der Waals surface area contributed by atoms with Crippen LogP contribution in [0.1, 0.15) is 28.6 Å². The second-order valence-corrected chi connectivity index (χ2v) is 13.9. The molecule has 1 atom stereocenters. The van der Waals surface area contributed by atoms with E-state index in [1.54, 1.807) is 0 Å². The van der Waals surface area contributed by atoms with Crippen LogP contribution in [0.2, 0.25) is 5.02 Å². The minimum absolute atomic E-state index is 0.0996. The van der Waals surface area contributed by atoms with Crippen LogP contribution in [0.5, 0.6) is 0 Å². The number of hydrogen-bond donors (Lipinski definition) is 5. The fourth-order valence-corrected chi connectivity index (χ4v) is 6.47. The molecule has 52 heavy (non-hydrogen) atoms. The predicted molar refractivity (Wildman–Crippen MR) is 163 cm³/mol. The molecule has 0 amide bonds. The van der Waals surface area contributed by atoms with Crippen molar-refractivity contribution in [2.75, 3.05) is 10.8 Å². The van der Waals surface area contributed by atoms with Crippen LogP contribution >= 0.6 is 11.6 Å². The molecule has 0 unspecified atom stereocenters. The molecular weight excluding hydrogens is 793 g/mol. The molecule has 6 N–H and O–H groups in total. The second kappa shape index (κ2) is 15.1. The number of hydrogen-bond acceptors (Lipinski definition) is 7. The largest absolute Gasteiger partial charge is 0.490 e. The molecule has 0 bridgehead atoms. The molecule has 3 aromatic carbocycles. The van der Waals surface area contributed by atoms with E-state index in [9.17, 15) is 61.1 Å². The number of nitrogens with two attached hydrogens (primary N) is 1. The molecule has 25 heteroatoms. The van der Waals surface area contributed by atoms with Crippen molar-refractivity contribution >= 4 is 60.5 Å². The number of rotatable bonds is 10. The number of nitrogens with one attached hydrogen (secondary N) is 2. The van der Waals surface area contributed by atoms with Gasteiger partial charge in [0.2, 0.25) is 10.0 Å². The van der Waals surface area contributed by atoms with Crippen molar-refractivity contribution in [3.8, 4) is 0 Å². The topological polar surface area (TPSA) is 213 Å².